The van der Waals surface area contributed by atoms with E-state index in [2.05, 4.69) is 26.1 Å². The number of hydrogen-bond acceptors (Lipinski definition) is 2. The zero-order chi connectivity index (χ0) is 13.0. The minimum absolute atomic E-state index is 0.413. The molecule has 2 nitrogen and oxygen atoms in total. The van der Waals surface area contributed by atoms with Crippen LogP contribution >= 0.6 is 11.6 Å². The number of methoxy groups -OCH3 is 1. The van der Waals surface area contributed by atoms with Gasteiger partial charge in [0.1, 0.15) is 5.75 Å². The standard InChI is InChI=1S/C14H22ClNO/c1-9(2)12-8-13(15)10(3)11(6-7-16-4)14(12)17-5/h8-9,16H,6-7H2,1-5H3. The second-order valence-electron chi connectivity index (χ2n) is 4.59. The molecule has 0 saturated carbocycles. The molecule has 0 amide bonds. The minimum Gasteiger partial charge on any atom is -0.496 e. The van der Waals surface area contributed by atoms with Crippen LogP contribution in [0.15, 0.2) is 6.07 Å². The topological polar surface area (TPSA) is 21.3 Å². The minimum atomic E-state index is 0.413. The Hall–Kier alpha value is -0.730. The van der Waals surface area contributed by atoms with Crippen LogP contribution in [0.3, 0.4) is 0 Å². The normalized spacial score (nSPS) is 11.0. The number of benzene rings is 1. The molecule has 1 rings (SSSR count). The molecular weight excluding hydrogens is 234 g/mol. The molecule has 0 heterocycles. The SMILES string of the molecule is CNCCc1c(C)c(Cl)cc(C(C)C)c1OC. The summed E-state index contributed by atoms with van der Waals surface area (Å²) >= 11 is 6.29. The van der Waals surface area contributed by atoms with Crippen LogP contribution in [0.4, 0.5) is 0 Å². The van der Waals surface area contributed by atoms with E-state index in [1.54, 1.807) is 7.11 Å². The highest BCUT2D eigenvalue weighted by Gasteiger charge is 2.16. The van der Waals surface area contributed by atoms with Crippen molar-refractivity contribution in [2.24, 2.45) is 0 Å². The summed E-state index contributed by atoms with van der Waals surface area (Å²) in [5.41, 5.74) is 3.54. The van der Waals surface area contributed by atoms with Crippen molar-refractivity contribution in [2.75, 3.05) is 20.7 Å². The van der Waals surface area contributed by atoms with E-state index < -0.39 is 0 Å². The van der Waals surface area contributed by atoms with E-state index in [-0.39, 0.29) is 0 Å². The third-order valence-corrected chi connectivity index (χ3v) is 3.47. The van der Waals surface area contributed by atoms with Crippen molar-refractivity contribution >= 4 is 11.6 Å². The molecule has 1 aromatic carbocycles. The number of hydrogen-bond donors (Lipinski definition) is 1. The van der Waals surface area contributed by atoms with Crippen LogP contribution in [-0.2, 0) is 6.42 Å². The number of halogens is 1. The number of ether oxygens (including phenoxy) is 1. The third-order valence-electron chi connectivity index (χ3n) is 3.08. The van der Waals surface area contributed by atoms with Crippen molar-refractivity contribution in [2.45, 2.75) is 33.1 Å². The van der Waals surface area contributed by atoms with Gasteiger partial charge in [0.2, 0.25) is 0 Å². The van der Waals surface area contributed by atoms with Gasteiger partial charge < -0.3 is 10.1 Å². The van der Waals surface area contributed by atoms with Crippen molar-refractivity contribution in [1.82, 2.24) is 5.32 Å². The molecule has 0 bridgehead atoms. The van der Waals surface area contributed by atoms with Crippen LogP contribution in [-0.4, -0.2) is 20.7 Å². The average Bonchev–Trinajstić information content (AvgIpc) is 2.30. The highest BCUT2D eigenvalue weighted by Crippen LogP contribution is 2.36. The van der Waals surface area contributed by atoms with Gasteiger partial charge in [0.05, 0.1) is 7.11 Å². The molecule has 3 heteroatoms. The molecule has 0 aromatic heterocycles. The Balaban J connectivity index is 3.31. The Morgan fingerprint density at radius 3 is 2.53 bits per heavy atom. The number of rotatable bonds is 5. The lowest BCUT2D eigenvalue weighted by atomic mass is 9.94. The molecule has 17 heavy (non-hydrogen) atoms. The van der Waals surface area contributed by atoms with Gasteiger partial charge in [-0.25, -0.2) is 0 Å². The van der Waals surface area contributed by atoms with Gasteiger partial charge in [-0.15, -0.1) is 0 Å². The van der Waals surface area contributed by atoms with Gasteiger partial charge >= 0.3 is 0 Å². The Bertz CT molecular complexity index is 388. The van der Waals surface area contributed by atoms with E-state index in [9.17, 15) is 0 Å². The van der Waals surface area contributed by atoms with Crippen molar-refractivity contribution in [1.29, 1.82) is 0 Å². The molecule has 0 aliphatic rings. The first-order valence-electron chi connectivity index (χ1n) is 6.03. The predicted molar refractivity (Wildman–Crippen MR) is 74.5 cm³/mol. The average molecular weight is 256 g/mol. The Kier molecular flexibility index (Phi) is 5.29. The maximum Gasteiger partial charge on any atom is 0.125 e. The summed E-state index contributed by atoms with van der Waals surface area (Å²) in [6.45, 7) is 7.30. The summed E-state index contributed by atoms with van der Waals surface area (Å²) < 4.78 is 5.58. The van der Waals surface area contributed by atoms with E-state index in [0.29, 0.717) is 5.92 Å². The fourth-order valence-electron chi connectivity index (χ4n) is 2.02. The van der Waals surface area contributed by atoms with Gasteiger partial charge in [0.25, 0.3) is 0 Å². The summed E-state index contributed by atoms with van der Waals surface area (Å²) in [6, 6.07) is 2.03. The second kappa shape index (κ2) is 6.27. The van der Waals surface area contributed by atoms with Crippen molar-refractivity contribution in [3.8, 4) is 5.75 Å². The Labute approximate surface area is 109 Å². The van der Waals surface area contributed by atoms with Crippen LogP contribution in [0.5, 0.6) is 5.75 Å². The highest BCUT2D eigenvalue weighted by atomic mass is 35.5. The smallest absolute Gasteiger partial charge is 0.125 e. The summed E-state index contributed by atoms with van der Waals surface area (Å²) in [6.07, 6.45) is 0.936. The van der Waals surface area contributed by atoms with Gasteiger partial charge in [0.15, 0.2) is 0 Å². The van der Waals surface area contributed by atoms with Crippen LogP contribution in [0.1, 0.15) is 36.5 Å². The van der Waals surface area contributed by atoms with Gasteiger partial charge in [-0.3, -0.25) is 0 Å². The molecule has 1 aromatic rings. The van der Waals surface area contributed by atoms with Crippen LogP contribution in [0.25, 0.3) is 0 Å². The first-order valence-corrected chi connectivity index (χ1v) is 6.41. The van der Waals surface area contributed by atoms with Crippen LogP contribution in [0.2, 0.25) is 5.02 Å². The molecule has 0 saturated heterocycles. The van der Waals surface area contributed by atoms with Crippen LogP contribution in [0, 0.1) is 6.92 Å². The zero-order valence-electron chi connectivity index (χ0n) is 11.4. The van der Waals surface area contributed by atoms with E-state index in [1.807, 2.05) is 13.1 Å². The third kappa shape index (κ3) is 3.14. The molecule has 0 aliphatic heterocycles. The number of nitrogens with one attached hydrogen (secondary N) is 1. The lowest BCUT2D eigenvalue weighted by Crippen LogP contribution is -2.13. The Morgan fingerprint density at radius 2 is 2.06 bits per heavy atom. The molecule has 0 unspecified atom stereocenters. The maximum atomic E-state index is 6.29. The van der Waals surface area contributed by atoms with E-state index in [0.717, 1.165) is 29.3 Å². The van der Waals surface area contributed by atoms with Gasteiger partial charge in [-0.1, -0.05) is 25.4 Å². The van der Waals surface area contributed by atoms with Crippen molar-refractivity contribution < 1.29 is 4.74 Å². The molecule has 96 valence electrons. The highest BCUT2D eigenvalue weighted by molar-refractivity contribution is 6.31. The fourth-order valence-corrected chi connectivity index (χ4v) is 2.25. The zero-order valence-corrected chi connectivity index (χ0v) is 12.1. The van der Waals surface area contributed by atoms with Gasteiger partial charge in [-0.05, 0) is 50.0 Å². The quantitative estimate of drug-likeness (QED) is 0.869. The molecule has 0 atom stereocenters. The molecule has 0 fully saturated rings. The summed E-state index contributed by atoms with van der Waals surface area (Å²) in [4.78, 5) is 0. The van der Waals surface area contributed by atoms with E-state index in [1.165, 1.54) is 11.1 Å². The first kappa shape index (κ1) is 14.3. The monoisotopic (exact) mass is 255 g/mol. The summed E-state index contributed by atoms with van der Waals surface area (Å²) in [5.74, 6) is 1.41. The molecule has 0 spiro atoms. The summed E-state index contributed by atoms with van der Waals surface area (Å²) in [7, 11) is 3.69. The first-order chi connectivity index (χ1) is 8.02. The lowest BCUT2D eigenvalue weighted by Gasteiger charge is -2.19. The lowest BCUT2D eigenvalue weighted by molar-refractivity contribution is 0.401. The molecule has 0 radical (unpaired) electrons. The molecular formula is C14H22ClNO. The van der Waals surface area contributed by atoms with Gasteiger partial charge in [-0.2, -0.15) is 0 Å². The second-order valence-corrected chi connectivity index (χ2v) is 5.00. The predicted octanol–water partition coefficient (Wildman–Crippen LogP) is 3.54. The van der Waals surface area contributed by atoms with Gasteiger partial charge in [0, 0.05) is 10.6 Å². The largest absolute Gasteiger partial charge is 0.496 e. The maximum absolute atomic E-state index is 6.29. The van der Waals surface area contributed by atoms with Crippen molar-refractivity contribution in [3.63, 3.8) is 0 Å². The molecule has 1 N–H and O–H groups in total. The Morgan fingerprint density at radius 1 is 1.41 bits per heavy atom. The summed E-state index contributed by atoms with van der Waals surface area (Å²) in [5, 5.41) is 4.00. The number of likely N-dealkylation sites (N-methyl/N-ethyl adjacent to an activating group) is 1. The van der Waals surface area contributed by atoms with E-state index >= 15 is 0 Å². The van der Waals surface area contributed by atoms with Crippen LogP contribution < -0.4 is 10.1 Å². The van der Waals surface area contributed by atoms with Crippen molar-refractivity contribution in [3.05, 3.63) is 27.8 Å². The fraction of sp³-hybridized carbons (Fsp3) is 0.571. The van der Waals surface area contributed by atoms with E-state index in [4.69, 9.17) is 16.3 Å². The molecule has 0 aliphatic carbocycles.